The van der Waals surface area contributed by atoms with Crippen molar-refractivity contribution in [1.82, 2.24) is 10.2 Å². The molecule has 4 unspecified atom stereocenters. The monoisotopic (exact) mass is 284 g/mol. The van der Waals surface area contributed by atoms with Crippen molar-refractivity contribution >= 4 is 5.91 Å². The molecule has 2 aliphatic heterocycles. The van der Waals surface area contributed by atoms with Gasteiger partial charge in [-0.05, 0) is 50.1 Å². The molecule has 0 aromatic heterocycles. The summed E-state index contributed by atoms with van der Waals surface area (Å²) < 4.78 is 0. The van der Waals surface area contributed by atoms with E-state index in [-0.39, 0.29) is 5.92 Å². The van der Waals surface area contributed by atoms with Crippen molar-refractivity contribution in [2.45, 2.75) is 50.1 Å². The van der Waals surface area contributed by atoms with Crippen LogP contribution >= 0.6 is 0 Å². The van der Waals surface area contributed by atoms with Gasteiger partial charge < -0.3 is 10.2 Å². The molecule has 2 heterocycles. The van der Waals surface area contributed by atoms with E-state index in [9.17, 15) is 4.79 Å². The zero-order valence-corrected chi connectivity index (χ0v) is 12.5. The quantitative estimate of drug-likeness (QED) is 0.925. The van der Waals surface area contributed by atoms with Crippen molar-refractivity contribution in [1.29, 1.82) is 0 Å². The van der Waals surface area contributed by atoms with Crippen LogP contribution < -0.4 is 5.32 Å². The summed E-state index contributed by atoms with van der Waals surface area (Å²) in [4.78, 5) is 15.1. The summed E-state index contributed by atoms with van der Waals surface area (Å²) in [5.74, 6) is 1.13. The van der Waals surface area contributed by atoms with Crippen molar-refractivity contribution in [3.63, 3.8) is 0 Å². The van der Waals surface area contributed by atoms with Crippen LogP contribution in [0.3, 0.4) is 0 Å². The average molecular weight is 284 g/mol. The van der Waals surface area contributed by atoms with E-state index in [1.54, 1.807) is 0 Å². The van der Waals surface area contributed by atoms with Crippen LogP contribution in [0.1, 0.15) is 43.6 Å². The van der Waals surface area contributed by atoms with Gasteiger partial charge in [-0.15, -0.1) is 0 Å². The van der Waals surface area contributed by atoms with Crippen molar-refractivity contribution in [3.8, 4) is 0 Å². The topological polar surface area (TPSA) is 32.3 Å². The van der Waals surface area contributed by atoms with Gasteiger partial charge in [-0.3, -0.25) is 4.79 Å². The Morgan fingerprint density at radius 2 is 2.00 bits per heavy atom. The fraction of sp³-hybridized carbons (Fsp3) is 0.611. The van der Waals surface area contributed by atoms with Crippen LogP contribution in [0.25, 0.3) is 0 Å². The highest BCUT2D eigenvalue weighted by atomic mass is 16.2. The van der Waals surface area contributed by atoms with Crippen molar-refractivity contribution in [2.24, 2.45) is 5.92 Å². The molecule has 21 heavy (non-hydrogen) atoms. The Kier molecular flexibility index (Phi) is 3.46. The Bertz CT molecular complexity index is 509. The molecule has 112 valence electrons. The number of carbonyl (C=O) groups excluding carboxylic acids is 1. The highest BCUT2D eigenvalue weighted by Gasteiger charge is 2.48. The number of amides is 1. The smallest absolute Gasteiger partial charge is 0.226 e. The summed E-state index contributed by atoms with van der Waals surface area (Å²) in [6.45, 7) is 2.10. The second kappa shape index (κ2) is 5.45. The first kappa shape index (κ1) is 13.3. The molecule has 4 rings (SSSR count). The third-order valence-corrected chi connectivity index (χ3v) is 5.48. The molecule has 3 fully saturated rings. The van der Waals surface area contributed by atoms with Crippen LogP contribution in [-0.2, 0) is 4.79 Å². The zero-order chi connectivity index (χ0) is 14.2. The molecule has 0 radical (unpaired) electrons. The van der Waals surface area contributed by atoms with E-state index in [4.69, 9.17) is 0 Å². The molecule has 1 saturated carbocycles. The number of hydrogen-bond donors (Lipinski definition) is 1. The van der Waals surface area contributed by atoms with Gasteiger partial charge in [0.25, 0.3) is 0 Å². The van der Waals surface area contributed by atoms with E-state index in [1.807, 2.05) is 6.07 Å². The maximum Gasteiger partial charge on any atom is 0.226 e. The number of benzene rings is 1. The second-order valence-corrected chi connectivity index (χ2v) is 6.80. The van der Waals surface area contributed by atoms with Crippen LogP contribution in [0.5, 0.6) is 0 Å². The van der Waals surface area contributed by atoms with Crippen LogP contribution in [0.2, 0.25) is 0 Å². The lowest BCUT2D eigenvalue weighted by atomic mass is 10.0. The molecule has 1 aromatic rings. The molecule has 3 nitrogen and oxygen atoms in total. The maximum atomic E-state index is 12.9. The Morgan fingerprint density at radius 1 is 1.14 bits per heavy atom. The van der Waals surface area contributed by atoms with Gasteiger partial charge in [-0.1, -0.05) is 30.3 Å². The molecule has 0 spiro atoms. The van der Waals surface area contributed by atoms with Crippen LogP contribution in [0, 0.1) is 5.92 Å². The number of likely N-dealkylation sites (tertiary alicyclic amines) is 1. The predicted molar refractivity (Wildman–Crippen MR) is 83.0 cm³/mol. The highest BCUT2D eigenvalue weighted by molar-refractivity contribution is 5.83. The van der Waals surface area contributed by atoms with Gasteiger partial charge in [0.1, 0.15) is 0 Å². The Balaban J connectivity index is 1.43. The first-order valence-corrected chi connectivity index (χ1v) is 8.43. The minimum atomic E-state index is 0.245. The molecule has 1 aliphatic carbocycles. The number of nitrogens with one attached hydrogen (secondary N) is 1. The van der Waals surface area contributed by atoms with Crippen LogP contribution in [0.4, 0.5) is 0 Å². The summed E-state index contributed by atoms with van der Waals surface area (Å²) in [5.41, 5.74) is 1.34. The van der Waals surface area contributed by atoms with Gasteiger partial charge in [0.15, 0.2) is 0 Å². The molecular weight excluding hydrogens is 260 g/mol. The summed E-state index contributed by atoms with van der Waals surface area (Å²) in [5, 5.41) is 3.59. The SMILES string of the molecule is O=C(C1CC1c1ccccc1)N1CCCC1C1CCCN1. The summed E-state index contributed by atoms with van der Waals surface area (Å²) in [6.07, 6.45) is 5.91. The van der Waals surface area contributed by atoms with Gasteiger partial charge in [0.2, 0.25) is 5.91 Å². The van der Waals surface area contributed by atoms with E-state index < -0.39 is 0 Å². The second-order valence-electron chi connectivity index (χ2n) is 6.80. The molecule has 3 aliphatic rings. The molecule has 1 N–H and O–H groups in total. The average Bonchev–Trinajstić information content (AvgIpc) is 2.92. The lowest BCUT2D eigenvalue weighted by molar-refractivity contribution is -0.134. The molecule has 3 heteroatoms. The van der Waals surface area contributed by atoms with Gasteiger partial charge in [0.05, 0.1) is 0 Å². The van der Waals surface area contributed by atoms with Gasteiger partial charge in [-0.25, -0.2) is 0 Å². The number of rotatable bonds is 3. The number of carbonyl (C=O) groups is 1. The van der Waals surface area contributed by atoms with Gasteiger partial charge in [-0.2, -0.15) is 0 Å². The number of hydrogen-bond acceptors (Lipinski definition) is 2. The van der Waals surface area contributed by atoms with E-state index >= 15 is 0 Å². The third-order valence-electron chi connectivity index (χ3n) is 5.48. The van der Waals surface area contributed by atoms with Gasteiger partial charge in [0, 0.05) is 24.5 Å². The van der Waals surface area contributed by atoms with E-state index in [0.29, 0.717) is 23.9 Å². The molecule has 1 amide bonds. The Labute approximate surface area is 126 Å². The fourth-order valence-electron chi connectivity index (χ4n) is 4.27. The van der Waals surface area contributed by atoms with Crippen molar-refractivity contribution < 1.29 is 4.79 Å². The van der Waals surface area contributed by atoms with Gasteiger partial charge >= 0.3 is 0 Å². The van der Waals surface area contributed by atoms with E-state index in [0.717, 1.165) is 19.5 Å². The fourth-order valence-corrected chi connectivity index (χ4v) is 4.27. The molecule has 0 bridgehead atoms. The predicted octanol–water partition coefficient (Wildman–Crippen LogP) is 2.53. The van der Waals surface area contributed by atoms with Crippen LogP contribution in [-0.4, -0.2) is 36.0 Å². The largest absolute Gasteiger partial charge is 0.338 e. The summed E-state index contributed by atoms with van der Waals surface area (Å²) in [6, 6.07) is 11.5. The molecule has 4 atom stereocenters. The normalized spacial score (nSPS) is 35.1. The minimum Gasteiger partial charge on any atom is -0.338 e. The summed E-state index contributed by atoms with van der Waals surface area (Å²) >= 11 is 0. The van der Waals surface area contributed by atoms with Crippen molar-refractivity contribution in [3.05, 3.63) is 35.9 Å². The first-order valence-electron chi connectivity index (χ1n) is 8.43. The molecular formula is C18H24N2O. The van der Waals surface area contributed by atoms with E-state index in [1.165, 1.54) is 31.2 Å². The molecule has 1 aromatic carbocycles. The van der Waals surface area contributed by atoms with Crippen LogP contribution in [0.15, 0.2) is 30.3 Å². The van der Waals surface area contributed by atoms with Crippen molar-refractivity contribution in [2.75, 3.05) is 13.1 Å². The molecule has 2 saturated heterocycles. The highest BCUT2D eigenvalue weighted by Crippen LogP contribution is 2.49. The Hall–Kier alpha value is -1.35. The van der Waals surface area contributed by atoms with E-state index in [2.05, 4.69) is 34.5 Å². The maximum absolute atomic E-state index is 12.9. The third kappa shape index (κ3) is 2.48. The lowest BCUT2D eigenvalue weighted by Gasteiger charge is -2.30. The minimum absolute atomic E-state index is 0.245. The summed E-state index contributed by atoms with van der Waals surface area (Å²) in [7, 11) is 0. The lowest BCUT2D eigenvalue weighted by Crippen LogP contribution is -2.47. The zero-order valence-electron chi connectivity index (χ0n) is 12.5. The first-order chi connectivity index (χ1) is 10.3. The number of nitrogens with zero attached hydrogens (tertiary/aromatic N) is 1. The standard InChI is InChI=1S/C18H24N2O/c21-18(15-12-14(15)13-6-2-1-3-7-13)20-11-5-9-17(20)16-8-4-10-19-16/h1-3,6-7,14-17,19H,4-5,8-12H2. The Morgan fingerprint density at radius 3 is 2.76 bits per heavy atom.